The van der Waals surface area contributed by atoms with E-state index in [0.717, 1.165) is 18.3 Å². The van der Waals surface area contributed by atoms with Crippen molar-refractivity contribution in [3.05, 3.63) is 41.0 Å². The number of nitrogens with one attached hydrogen (secondary N) is 1. The molecule has 0 fully saturated rings. The van der Waals surface area contributed by atoms with Gasteiger partial charge in [-0.2, -0.15) is 35.1 Å². The van der Waals surface area contributed by atoms with Gasteiger partial charge >= 0.3 is 18.3 Å². The van der Waals surface area contributed by atoms with Gasteiger partial charge in [-0.25, -0.2) is 4.98 Å². The number of fused-ring (bicyclic) bond motifs is 1. The number of alkyl halides is 8. The van der Waals surface area contributed by atoms with Crippen molar-refractivity contribution < 1.29 is 45.0 Å². The van der Waals surface area contributed by atoms with Gasteiger partial charge in [0.25, 0.3) is 6.47 Å². The topological polar surface area (TPSA) is 79.0 Å². The van der Waals surface area contributed by atoms with Gasteiger partial charge in [0.05, 0.1) is 5.56 Å². The Kier molecular flexibility index (Phi) is 9.82. The lowest BCUT2D eigenvalue weighted by atomic mass is 10.1. The Morgan fingerprint density at radius 3 is 2.03 bits per heavy atom. The number of aromatic nitrogens is 2. The quantitative estimate of drug-likeness (QED) is 0.448. The molecule has 2 heterocycles. The summed E-state index contributed by atoms with van der Waals surface area (Å²) in [5.41, 5.74) is -5.04. The summed E-state index contributed by atoms with van der Waals surface area (Å²) < 4.78 is 105. The molecule has 0 saturated carbocycles. The Labute approximate surface area is 171 Å². The smallest absolute Gasteiger partial charge is 0.459 e. The van der Waals surface area contributed by atoms with Crippen molar-refractivity contribution in [3.8, 4) is 0 Å². The summed E-state index contributed by atoms with van der Waals surface area (Å²) in [6, 6.07) is 1.45. The van der Waals surface area contributed by atoms with E-state index in [2.05, 4.69) is 4.98 Å². The number of carboxylic acid groups (broad SMARTS) is 1. The van der Waals surface area contributed by atoms with E-state index in [0.29, 0.717) is 11.0 Å². The van der Waals surface area contributed by atoms with Crippen molar-refractivity contribution in [2.45, 2.75) is 45.5 Å². The summed E-state index contributed by atoms with van der Waals surface area (Å²) in [5.74, 6) is -5.59. The normalized spacial score (nSPS) is 12.1. The number of hydrogen-bond donors (Lipinski definition) is 2. The maximum atomic E-state index is 13.6. The third-order valence-electron chi connectivity index (χ3n) is 3.41. The number of pyridine rings is 2. The zero-order chi connectivity index (χ0) is 24.6. The molecule has 0 atom stereocenters. The largest absolute Gasteiger partial charge is 0.483 e. The molecule has 0 saturated heterocycles. The van der Waals surface area contributed by atoms with Crippen LogP contribution in [-0.4, -0.2) is 27.3 Å². The molecule has 0 bridgehead atoms. The molecule has 2 aromatic heterocycles. The fourth-order valence-corrected chi connectivity index (χ4v) is 2.15. The predicted molar refractivity (Wildman–Crippen MR) is 96.2 cm³/mol. The van der Waals surface area contributed by atoms with Gasteiger partial charge in [0.1, 0.15) is 16.8 Å². The third-order valence-corrected chi connectivity index (χ3v) is 3.41. The van der Waals surface area contributed by atoms with Crippen molar-refractivity contribution in [2.24, 2.45) is 0 Å². The Hall–Kier alpha value is -2.99. The van der Waals surface area contributed by atoms with E-state index < -0.39 is 46.1 Å². The van der Waals surface area contributed by atoms with Crippen LogP contribution in [0.25, 0.3) is 17.2 Å². The van der Waals surface area contributed by atoms with Gasteiger partial charge in [-0.1, -0.05) is 26.8 Å². The lowest BCUT2D eigenvalue weighted by Gasteiger charge is -2.21. The number of allylic oxidation sites excluding steroid dienone is 1. The van der Waals surface area contributed by atoms with Gasteiger partial charge in [-0.15, -0.1) is 0 Å². The van der Waals surface area contributed by atoms with Crippen LogP contribution in [0, 0.1) is 5.41 Å². The second-order valence-electron chi connectivity index (χ2n) is 5.35. The molecule has 0 amide bonds. The van der Waals surface area contributed by atoms with Gasteiger partial charge in [0, 0.05) is 11.6 Å². The standard InChI is InChI=1S/C15H11F8N3.C2H6.CH2O2/c1-2-3-6-26-11(24)5-4-8-9(14(18,19)20)7-10(25-12(8)26)13(16,17)15(21,22)23;1-2;2-1-3/h3-7,24H,2H2,1H3;1-2H3;1H,(H,2,3)/b6-3+,24-11?;;. The number of nitrogens with zero attached hydrogens (tertiary/aromatic N) is 2. The average Bonchev–Trinajstić information content (AvgIpc) is 2.67. The maximum Gasteiger partial charge on any atom is 0.459 e. The molecule has 0 spiro atoms. The monoisotopic (exact) mass is 461 g/mol. The van der Waals surface area contributed by atoms with Crippen LogP contribution in [0.4, 0.5) is 35.1 Å². The number of hydrogen-bond acceptors (Lipinski definition) is 3. The summed E-state index contributed by atoms with van der Waals surface area (Å²) in [6.07, 6.45) is -8.46. The van der Waals surface area contributed by atoms with Crippen molar-refractivity contribution in [1.29, 1.82) is 5.41 Å². The highest BCUT2D eigenvalue weighted by molar-refractivity contribution is 5.81. The maximum absolute atomic E-state index is 13.6. The minimum Gasteiger partial charge on any atom is -0.483 e. The summed E-state index contributed by atoms with van der Waals surface area (Å²) in [4.78, 5) is 11.5. The van der Waals surface area contributed by atoms with E-state index in [4.69, 9.17) is 15.3 Å². The van der Waals surface area contributed by atoms with E-state index in [-0.39, 0.29) is 12.5 Å². The van der Waals surface area contributed by atoms with E-state index in [1.54, 1.807) is 6.92 Å². The van der Waals surface area contributed by atoms with E-state index in [1.165, 1.54) is 6.08 Å². The Morgan fingerprint density at radius 2 is 1.61 bits per heavy atom. The fraction of sp³-hybridized carbons (Fsp3) is 0.389. The first kappa shape index (κ1) is 28.0. The summed E-state index contributed by atoms with van der Waals surface area (Å²) >= 11 is 0. The van der Waals surface area contributed by atoms with Gasteiger partial charge < -0.3 is 5.11 Å². The molecule has 0 aliphatic rings. The molecule has 0 aliphatic carbocycles. The van der Waals surface area contributed by atoms with Crippen LogP contribution in [0.5, 0.6) is 0 Å². The molecule has 13 heteroatoms. The van der Waals surface area contributed by atoms with Crippen LogP contribution in [0.3, 0.4) is 0 Å². The van der Waals surface area contributed by atoms with Crippen molar-refractivity contribution in [3.63, 3.8) is 0 Å². The Morgan fingerprint density at radius 1 is 1.10 bits per heavy atom. The van der Waals surface area contributed by atoms with E-state index >= 15 is 0 Å². The average molecular weight is 461 g/mol. The zero-order valence-corrected chi connectivity index (χ0v) is 16.4. The third kappa shape index (κ3) is 6.49. The van der Waals surface area contributed by atoms with Gasteiger partial charge in [0.15, 0.2) is 0 Å². The lowest BCUT2D eigenvalue weighted by Crippen LogP contribution is -2.35. The van der Waals surface area contributed by atoms with Gasteiger partial charge in [-0.3, -0.25) is 14.8 Å². The molecule has 0 aliphatic heterocycles. The van der Waals surface area contributed by atoms with Gasteiger partial charge in [-0.05, 0) is 24.6 Å². The molecule has 2 rings (SSSR count). The number of halogens is 8. The first-order valence-electron chi connectivity index (χ1n) is 8.60. The molecular weight excluding hydrogens is 442 g/mol. The van der Waals surface area contributed by atoms with E-state index in [9.17, 15) is 35.1 Å². The second kappa shape index (κ2) is 10.9. The van der Waals surface area contributed by atoms with Crippen LogP contribution in [0.15, 0.2) is 24.3 Å². The summed E-state index contributed by atoms with van der Waals surface area (Å²) in [6.45, 7) is 5.41. The van der Waals surface area contributed by atoms with Crippen LogP contribution in [0.2, 0.25) is 0 Å². The molecule has 2 N–H and O–H groups in total. The molecule has 0 unspecified atom stereocenters. The minimum absolute atomic E-state index is 0.250. The lowest BCUT2D eigenvalue weighted by molar-refractivity contribution is -0.291. The predicted octanol–water partition coefficient (Wildman–Crippen LogP) is 5.80. The van der Waals surface area contributed by atoms with E-state index in [1.807, 2.05) is 13.8 Å². The highest BCUT2D eigenvalue weighted by Gasteiger charge is 2.60. The van der Waals surface area contributed by atoms with Crippen molar-refractivity contribution in [2.75, 3.05) is 0 Å². The van der Waals surface area contributed by atoms with Crippen molar-refractivity contribution in [1.82, 2.24) is 9.55 Å². The summed E-state index contributed by atoms with van der Waals surface area (Å²) in [7, 11) is 0. The molecule has 2 aromatic rings. The van der Waals surface area contributed by atoms with Gasteiger partial charge in [0.2, 0.25) is 0 Å². The van der Waals surface area contributed by atoms with Crippen LogP contribution >= 0.6 is 0 Å². The highest BCUT2D eigenvalue weighted by Crippen LogP contribution is 2.45. The molecule has 31 heavy (non-hydrogen) atoms. The molecule has 0 aromatic carbocycles. The SMILES string of the molecule is CC.CC/C=C/n1c(=N)ccc2c(C(F)(F)F)cc(C(F)(F)C(F)(F)F)nc21.O=CO. The van der Waals surface area contributed by atoms with Crippen molar-refractivity contribution >= 4 is 23.7 Å². The Balaban J connectivity index is 0.00000165. The first-order chi connectivity index (χ1) is 14.2. The molecule has 0 radical (unpaired) electrons. The van der Waals surface area contributed by atoms with Crippen LogP contribution in [0.1, 0.15) is 38.4 Å². The minimum atomic E-state index is -6.13. The second-order valence-corrected chi connectivity index (χ2v) is 5.35. The zero-order valence-electron chi connectivity index (χ0n) is 16.4. The molecule has 5 nitrogen and oxygen atoms in total. The highest BCUT2D eigenvalue weighted by atomic mass is 19.4. The van der Waals surface area contributed by atoms with Crippen LogP contribution < -0.4 is 5.49 Å². The Bertz CT molecular complexity index is 963. The summed E-state index contributed by atoms with van der Waals surface area (Å²) in [5, 5.41) is 13.9. The van der Waals surface area contributed by atoms with Crippen LogP contribution in [-0.2, 0) is 16.9 Å². The number of carbonyl (C=O) groups is 1. The molecule has 174 valence electrons. The first-order valence-corrected chi connectivity index (χ1v) is 8.60. The molecular formula is C18H19F8N3O2. The number of rotatable bonds is 3. The fourth-order valence-electron chi connectivity index (χ4n) is 2.15.